The Kier molecular flexibility index (Phi) is 3.35. The van der Waals surface area contributed by atoms with Gasteiger partial charge < -0.3 is 5.73 Å². The van der Waals surface area contributed by atoms with Crippen LogP contribution in [-0.4, -0.2) is 20.7 Å². The summed E-state index contributed by atoms with van der Waals surface area (Å²) in [5.74, 6) is -0.0250. The third-order valence-corrected chi connectivity index (χ3v) is 4.64. The van der Waals surface area contributed by atoms with Crippen LogP contribution in [0.5, 0.6) is 0 Å². The summed E-state index contributed by atoms with van der Waals surface area (Å²) >= 11 is 5.93. The number of halogens is 1. The number of pyridine rings is 1. The predicted molar refractivity (Wildman–Crippen MR) is 91.4 cm³/mol. The average molecular weight is 341 g/mol. The molecule has 2 aromatic heterocycles. The maximum atomic E-state index is 12.5. The van der Waals surface area contributed by atoms with E-state index in [-0.39, 0.29) is 28.9 Å². The molecule has 0 amide bonds. The van der Waals surface area contributed by atoms with Gasteiger partial charge in [0.2, 0.25) is 5.95 Å². The Morgan fingerprint density at radius 2 is 1.92 bits per heavy atom. The van der Waals surface area contributed by atoms with Crippen molar-refractivity contribution in [2.75, 3.05) is 5.73 Å². The van der Waals surface area contributed by atoms with Crippen molar-refractivity contribution in [1.29, 1.82) is 0 Å². The fourth-order valence-corrected chi connectivity index (χ4v) is 3.38. The first-order chi connectivity index (χ1) is 11.5. The summed E-state index contributed by atoms with van der Waals surface area (Å²) in [5.41, 5.74) is 7.66. The predicted octanol–water partition coefficient (Wildman–Crippen LogP) is 2.47. The third kappa shape index (κ3) is 2.35. The van der Waals surface area contributed by atoms with Gasteiger partial charge in [-0.3, -0.25) is 14.6 Å². The minimum atomic E-state index is -0.369. The number of nitrogens with one attached hydrogen (secondary N) is 1. The van der Waals surface area contributed by atoms with E-state index >= 15 is 0 Å². The molecule has 0 saturated heterocycles. The Hall–Kier alpha value is -2.73. The fraction of sp³-hybridized carbons (Fsp3) is 0.176. The number of aromatic nitrogens is 3. The number of hydrogen-bond acceptors (Lipinski definition) is 5. The summed E-state index contributed by atoms with van der Waals surface area (Å²) in [4.78, 5) is 35.5. The maximum absolute atomic E-state index is 12.5. The van der Waals surface area contributed by atoms with E-state index in [1.54, 1.807) is 12.1 Å². The summed E-state index contributed by atoms with van der Waals surface area (Å²) < 4.78 is 0. The minimum Gasteiger partial charge on any atom is -0.369 e. The second-order valence-electron chi connectivity index (χ2n) is 5.88. The monoisotopic (exact) mass is 340 g/mol. The normalized spacial score (nSPS) is 17.0. The van der Waals surface area contributed by atoms with Gasteiger partial charge in [-0.15, -0.1) is 0 Å². The lowest BCUT2D eigenvalue weighted by Crippen LogP contribution is -2.23. The minimum absolute atomic E-state index is 0.00943. The number of anilines is 1. The smallest absolute Gasteiger partial charge is 0.262 e. The number of hydrogen-bond donors (Lipinski definition) is 2. The second kappa shape index (κ2) is 5.42. The summed E-state index contributed by atoms with van der Waals surface area (Å²) in [6.07, 6.45) is 2.43. The molecule has 6 nitrogen and oxygen atoms in total. The molecule has 1 atom stereocenters. The van der Waals surface area contributed by atoms with Crippen LogP contribution >= 0.6 is 11.6 Å². The lowest BCUT2D eigenvalue weighted by atomic mass is 9.79. The van der Waals surface area contributed by atoms with Crippen LogP contribution in [0.15, 0.2) is 35.3 Å². The van der Waals surface area contributed by atoms with E-state index in [0.717, 1.165) is 5.56 Å². The highest BCUT2D eigenvalue weighted by Crippen LogP contribution is 2.34. The second-order valence-corrected chi connectivity index (χ2v) is 6.32. The Balaban J connectivity index is 1.89. The van der Waals surface area contributed by atoms with E-state index in [2.05, 4.69) is 15.0 Å². The first-order valence-corrected chi connectivity index (χ1v) is 7.87. The van der Waals surface area contributed by atoms with Gasteiger partial charge in [-0.1, -0.05) is 23.7 Å². The van der Waals surface area contributed by atoms with Crippen LogP contribution < -0.4 is 11.3 Å². The summed E-state index contributed by atoms with van der Waals surface area (Å²) in [6.45, 7) is 0. The van der Waals surface area contributed by atoms with Gasteiger partial charge >= 0.3 is 0 Å². The molecule has 1 aliphatic rings. The van der Waals surface area contributed by atoms with E-state index in [9.17, 15) is 9.59 Å². The number of H-pyrrole nitrogens is 1. The number of nitrogens with zero attached hydrogens (tertiary/aromatic N) is 2. The molecule has 2 heterocycles. The van der Waals surface area contributed by atoms with Crippen molar-refractivity contribution < 1.29 is 4.79 Å². The number of benzene rings is 1. The van der Waals surface area contributed by atoms with Crippen LogP contribution in [0.25, 0.3) is 11.0 Å². The summed E-state index contributed by atoms with van der Waals surface area (Å²) in [6, 6.07) is 7.43. The van der Waals surface area contributed by atoms with Crippen LogP contribution in [0.3, 0.4) is 0 Å². The third-order valence-electron chi connectivity index (χ3n) is 4.39. The molecule has 4 rings (SSSR count). The molecule has 24 heavy (non-hydrogen) atoms. The molecular weight excluding hydrogens is 328 g/mol. The van der Waals surface area contributed by atoms with Gasteiger partial charge in [0, 0.05) is 23.2 Å². The molecule has 0 fully saturated rings. The fourth-order valence-electron chi connectivity index (χ4n) is 3.26. The van der Waals surface area contributed by atoms with Crippen LogP contribution in [0.1, 0.15) is 33.8 Å². The Morgan fingerprint density at radius 3 is 2.67 bits per heavy atom. The zero-order chi connectivity index (χ0) is 16.8. The highest BCUT2D eigenvalue weighted by atomic mass is 35.5. The van der Waals surface area contributed by atoms with Gasteiger partial charge in [-0.2, -0.15) is 4.98 Å². The van der Waals surface area contributed by atoms with Crippen molar-refractivity contribution >= 4 is 34.4 Å². The van der Waals surface area contributed by atoms with E-state index in [0.29, 0.717) is 34.4 Å². The van der Waals surface area contributed by atoms with E-state index < -0.39 is 0 Å². The van der Waals surface area contributed by atoms with Gasteiger partial charge in [-0.05, 0) is 35.6 Å². The lowest BCUT2D eigenvalue weighted by Gasteiger charge is -2.24. The number of nitrogens with two attached hydrogens (primary N) is 1. The van der Waals surface area contributed by atoms with Crippen LogP contribution in [0, 0.1) is 0 Å². The molecule has 0 aliphatic heterocycles. The molecule has 1 aliphatic carbocycles. The van der Waals surface area contributed by atoms with Gasteiger partial charge in [0.05, 0.1) is 5.39 Å². The number of aromatic amines is 1. The summed E-state index contributed by atoms with van der Waals surface area (Å²) in [5, 5.41) is 0.987. The van der Waals surface area contributed by atoms with Gasteiger partial charge in [0.1, 0.15) is 0 Å². The molecule has 3 N–H and O–H groups in total. The quantitative estimate of drug-likeness (QED) is 0.708. The average Bonchev–Trinajstić information content (AvgIpc) is 2.54. The van der Waals surface area contributed by atoms with Crippen molar-refractivity contribution in [3.63, 3.8) is 0 Å². The van der Waals surface area contributed by atoms with Crippen LogP contribution in [-0.2, 0) is 6.42 Å². The number of carbonyl (C=O) groups excluding carboxylic acids is 1. The first-order valence-electron chi connectivity index (χ1n) is 7.49. The van der Waals surface area contributed by atoms with Gasteiger partial charge in [0.15, 0.2) is 11.4 Å². The zero-order valence-corrected chi connectivity index (χ0v) is 13.3. The number of nitrogen functional groups attached to an aromatic ring is 1. The van der Waals surface area contributed by atoms with Gasteiger partial charge in [-0.25, -0.2) is 4.98 Å². The van der Waals surface area contributed by atoms with E-state index in [1.807, 2.05) is 12.1 Å². The van der Waals surface area contributed by atoms with Crippen LogP contribution in [0.2, 0.25) is 5.02 Å². The van der Waals surface area contributed by atoms with Crippen molar-refractivity contribution in [2.24, 2.45) is 0 Å². The van der Waals surface area contributed by atoms with Crippen molar-refractivity contribution in [2.45, 2.75) is 18.8 Å². The number of rotatable bonds is 1. The highest BCUT2D eigenvalue weighted by molar-refractivity contribution is 6.30. The summed E-state index contributed by atoms with van der Waals surface area (Å²) in [7, 11) is 0. The topological polar surface area (TPSA) is 102 Å². The SMILES string of the molecule is Nc1nc2ncc3c(c2c(=O)[nH]1)C[C@@H](c1ccc(Cl)cc1)CC3=O. The largest absolute Gasteiger partial charge is 0.369 e. The first kappa shape index (κ1) is 14.8. The Morgan fingerprint density at radius 1 is 1.17 bits per heavy atom. The van der Waals surface area contributed by atoms with Crippen molar-refractivity contribution in [1.82, 2.24) is 15.0 Å². The lowest BCUT2D eigenvalue weighted by molar-refractivity contribution is 0.0964. The number of Topliss-reactive ketones (excluding diaryl/α,β-unsaturated/α-hetero) is 1. The van der Waals surface area contributed by atoms with Gasteiger partial charge in [0.25, 0.3) is 5.56 Å². The number of ketones is 1. The molecular formula is C17H13ClN4O2. The molecule has 0 spiro atoms. The Bertz CT molecular complexity index is 1030. The van der Waals surface area contributed by atoms with Crippen molar-refractivity contribution in [3.05, 3.63) is 62.5 Å². The van der Waals surface area contributed by atoms with Crippen molar-refractivity contribution in [3.8, 4) is 0 Å². The molecule has 0 saturated carbocycles. The molecule has 0 bridgehead atoms. The number of carbonyl (C=O) groups is 1. The van der Waals surface area contributed by atoms with E-state index in [1.165, 1.54) is 6.20 Å². The highest BCUT2D eigenvalue weighted by Gasteiger charge is 2.29. The molecule has 1 aromatic carbocycles. The maximum Gasteiger partial charge on any atom is 0.262 e. The standard InChI is InChI=1S/C17H13ClN4O2/c18-10-3-1-8(2-4-10)9-5-11-12(13(23)6-9)7-20-15-14(11)16(24)22-17(19)21-15/h1-4,7,9H,5-6H2,(H3,19,20,21,22,24)/t9-/m1/s1. The zero-order valence-electron chi connectivity index (χ0n) is 12.5. The van der Waals surface area contributed by atoms with Crippen LogP contribution in [0.4, 0.5) is 5.95 Å². The molecule has 0 radical (unpaired) electrons. The number of fused-ring (bicyclic) bond motifs is 3. The molecule has 7 heteroatoms. The Labute approximate surface area is 141 Å². The molecule has 3 aromatic rings. The molecule has 0 unspecified atom stereocenters. The molecule has 120 valence electrons. The van der Waals surface area contributed by atoms with E-state index in [4.69, 9.17) is 17.3 Å².